The minimum Gasteiger partial charge on any atom is -0.508 e. The fourth-order valence-electron chi connectivity index (χ4n) is 2.09. The zero-order valence-electron chi connectivity index (χ0n) is 12.3. The van der Waals surface area contributed by atoms with Crippen molar-refractivity contribution in [1.29, 1.82) is 0 Å². The number of amides is 1. The van der Waals surface area contributed by atoms with Gasteiger partial charge in [-0.05, 0) is 53.4 Å². The van der Waals surface area contributed by atoms with E-state index >= 15 is 0 Å². The minimum absolute atomic E-state index is 0.130. The van der Waals surface area contributed by atoms with E-state index < -0.39 is 0 Å². The molecule has 0 fully saturated rings. The van der Waals surface area contributed by atoms with E-state index in [0.29, 0.717) is 5.56 Å². The van der Waals surface area contributed by atoms with Gasteiger partial charge < -0.3 is 10.2 Å². The number of benzene rings is 2. The number of rotatable bonds is 5. The Morgan fingerprint density at radius 1 is 1.18 bits per heavy atom. The number of phenols is 2. The average Bonchev–Trinajstić information content (AvgIpc) is 2.48. The Bertz CT molecular complexity index is 696. The molecule has 3 N–H and O–H groups in total. The van der Waals surface area contributed by atoms with Gasteiger partial charge in [0.05, 0.1) is 12.6 Å². The molecule has 0 heterocycles. The van der Waals surface area contributed by atoms with E-state index in [9.17, 15) is 15.0 Å². The zero-order chi connectivity index (χ0) is 15.9. The van der Waals surface area contributed by atoms with Crippen LogP contribution in [0, 0.1) is 0 Å². The molecule has 2 aromatic carbocycles. The normalized spacial score (nSPS) is 10.8. The molecular weight excluding hydrogens is 280 g/mol. The third kappa shape index (κ3) is 4.34. The molecule has 0 aliphatic heterocycles. The number of carbonyl (C=O) groups excluding carboxylic acids is 1. The van der Waals surface area contributed by atoms with Crippen molar-refractivity contribution in [2.45, 2.75) is 19.8 Å². The number of hydrogen-bond acceptors (Lipinski definition) is 4. The molecule has 2 aromatic rings. The minimum atomic E-state index is -0.265. The summed E-state index contributed by atoms with van der Waals surface area (Å²) < 4.78 is 0. The van der Waals surface area contributed by atoms with E-state index in [4.69, 9.17) is 0 Å². The zero-order valence-corrected chi connectivity index (χ0v) is 12.3. The Kier molecular flexibility index (Phi) is 5.14. The second kappa shape index (κ2) is 7.26. The number of nitrogens with zero attached hydrogens (tertiary/aromatic N) is 1. The molecule has 0 bridgehead atoms. The third-order valence-electron chi connectivity index (χ3n) is 3.18. The molecule has 0 aliphatic rings. The SMILES string of the molecule is CCc1cc(O)ccc1C=NNC(=O)Cc1cccc(O)c1. The van der Waals surface area contributed by atoms with Crippen LogP contribution in [0.2, 0.25) is 0 Å². The highest BCUT2D eigenvalue weighted by Gasteiger charge is 2.03. The van der Waals surface area contributed by atoms with Crippen molar-refractivity contribution in [1.82, 2.24) is 5.43 Å². The lowest BCUT2D eigenvalue weighted by Crippen LogP contribution is -2.19. The van der Waals surface area contributed by atoms with Crippen molar-refractivity contribution in [3.8, 4) is 11.5 Å². The van der Waals surface area contributed by atoms with Crippen molar-refractivity contribution in [2.24, 2.45) is 5.10 Å². The molecule has 0 atom stereocenters. The van der Waals surface area contributed by atoms with Crippen LogP contribution in [0.25, 0.3) is 0 Å². The number of phenolic OH excluding ortho intramolecular Hbond substituents is 2. The van der Waals surface area contributed by atoms with Gasteiger partial charge in [0.25, 0.3) is 0 Å². The summed E-state index contributed by atoms with van der Waals surface area (Å²) in [6.45, 7) is 1.98. The van der Waals surface area contributed by atoms with Gasteiger partial charge in [-0.1, -0.05) is 19.1 Å². The van der Waals surface area contributed by atoms with Crippen LogP contribution in [-0.2, 0) is 17.6 Å². The summed E-state index contributed by atoms with van der Waals surface area (Å²) in [5, 5.41) is 22.7. The Morgan fingerprint density at radius 2 is 1.95 bits per heavy atom. The van der Waals surface area contributed by atoms with Crippen LogP contribution in [0.3, 0.4) is 0 Å². The van der Waals surface area contributed by atoms with Crippen LogP contribution >= 0.6 is 0 Å². The number of nitrogens with one attached hydrogen (secondary N) is 1. The molecule has 0 aromatic heterocycles. The molecular formula is C17H18N2O3. The highest BCUT2D eigenvalue weighted by molar-refractivity contribution is 5.84. The molecule has 114 valence electrons. The van der Waals surface area contributed by atoms with Gasteiger partial charge in [0, 0.05) is 0 Å². The summed E-state index contributed by atoms with van der Waals surface area (Å²) >= 11 is 0. The predicted molar refractivity (Wildman–Crippen MR) is 85.0 cm³/mol. The molecule has 22 heavy (non-hydrogen) atoms. The number of carbonyl (C=O) groups is 1. The molecule has 2 rings (SSSR count). The highest BCUT2D eigenvalue weighted by Crippen LogP contribution is 2.15. The average molecular weight is 298 g/mol. The van der Waals surface area contributed by atoms with Gasteiger partial charge in [0.1, 0.15) is 11.5 Å². The number of hydrazone groups is 1. The van der Waals surface area contributed by atoms with Crippen molar-refractivity contribution in [3.05, 3.63) is 59.2 Å². The van der Waals surface area contributed by atoms with Crippen LogP contribution < -0.4 is 5.43 Å². The fraction of sp³-hybridized carbons (Fsp3) is 0.176. The third-order valence-corrected chi connectivity index (χ3v) is 3.18. The Hall–Kier alpha value is -2.82. The molecule has 0 spiro atoms. The highest BCUT2D eigenvalue weighted by atomic mass is 16.3. The van der Waals surface area contributed by atoms with Gasteiger partial charge in [0.2, 0.25) is 5.91 Å². The summed E-state index contributed by atoms with van der Waals surface area (Å²) in [6.07, 6.45) is 2.45. The monoisotopic (exact) mass is 298 g/mol. The van der Waals surface area contributed by atoms with Crippen LogP contribution in [-0.4, -0.2) is 22.3 Å². The van der Waals surface area contributed by atoms with Crippen molar-refractivity contribution in [2.75, 3.05) is 0 Å². The molecule has 1 amide bonds. The Balaban J connectivity index is 1.96. The summed E-state index contributed by atoms with van der Waals surface area (Å²) in [4.78, 5) is 11.8. The number of aryl methyl sites for hydroxylation is 1. The maximum absolute atomic E-state index is 11.8. The molecule has 0 radical (unpaired) electrons. The van der Waals surface area contributed by atoms with E-state index in [2.05, 4.69) is 10.5 Å². The second-order valence-electron chi connectivity index (χ2n) is 4.88. The molecule has 5 nitrogen and oxygen atoms in total. The Morgan fingerprint density at radius 3 is 2.68 bits per heavy atom. The first-order chi connectivity index (χ1) is 10.6. The first-order valence-corrected chi connectivity index (χ1v) is 7.00. The van der Waals surface area contributed by atoms with E-state index in [1.165, 1.54) is 0 Å². The molecule has 5 heteroatoms. The predicted octanol–water partition coefficient (Wildman–Crippen LogP) is 2.35. The summed E-state index contributed by atoms with van der Waals surface area (Å²) in [6, 6.07) is 11.5. The molecule has 0 aliphatic carbocycles. The van der Waals surface area contributed by atoms with Crippen molar-refractivity contribution >= 4 is 12.1 Å². The molecule has 0 unspecified atom stereocenters. The van der Waals surface area contributed by atoms with Gasteiger partial charge in [-0.15, -0.1) is 0 Å². The van der Waals surface area contributed by atoms with Crippen molar-refractivity contribution < 1.29 is 15.0 Å². The quantitative estimate of drug-likeness (QED) is 0.585. The van der Waals surface area contributed by atoms with Gasteiger partial charge in [-0.2, -0.15) is 5.10 Å². The number of hydrogen-bond donors (Lipinski definition) is 3. The van der Waals surface area contributed by atoms with E-state index in [-0.39, 0.29) is 23.8 Å². The molecule has 0 saturated carbocycles. The molecule has 0 saturated heterocycles. The Labute approximate surface area is 128 Å². The van der Waals surface area contributed by atoms with Gasteiger partial charge in [0.15, 0.2) is 0 Å². The maximum Gasteiger partial charge on any atom is 0.244 e. The van der Waals surface area contributed by atoms with Crippen LogP contribution in [0.15, 0.2) is 47.6 Å². The van der Waals surface area contributed by atoms with E-state index in [1.807, 2.05) is 6.92 Å². The fourth-order valence-corrected chi connectivity index (χ4v) is 2.09. The lowest BCUT2D eigenvalue weighted by Gasteiger charge is -2.04. The van der Waals surface area contributed by atoms with E-state index in [0.717, 1.165) is 17.5 Å². The summed E-state index contributed by atoms with van der Waals surface area (Å²) in [7, 11) is 0. The lowest BCUT2D eigenvalue weighted by atomic mass is 10.1. The first-order valence-electron chi connectivity index (χ1n) is 7.00. The summed E-state index contributed by atoms with van der Waals surface area (Å²) in [5.74, 6) is 0.0751. The smallest absolute Gasteiger partial charge is 0.244 e. The van der Waals surface area contributed by atoms with Gasteiger partial charge in [-0.3, -0.25) is 4.79 Å². The van der Waals surface area contributed by atoms with Crippen molar-refractivity contribution in [3.63, 3.8) is 0 Å². The van der Waals surface area contributed by atoms with E-state index in [1.54, 1.807) is 48.7 Å². The first kappa shape index (κ1) is 15.6. The van der Waals surface area contributed by atoms with Crippen LogP contribution in [0.4, 0.5) is 0 Å². The lowest BCUT2D eigenvalue weighted by molar-refractivity contribution is -0.120. The largest absolute Gasteiger partial charge is 0.508 e. The van der Waals surface area contributed by atoms with Gasteiger partial charge >= 0.3 is 0 Å². The van der Waals surface area contributed by atoms with Crippen LogP contribution in [0.5, 0.6) is 11.5 Å². The van der Waals surface area contributed by atoms with Crippen LogP contribution in [0.1, 0.15) is 23.6 Å². The number of aromatic hydroxyl groups is 2. The van der Waals surface area contributed by atoms with Gasteiger partial charge in [-0.25, -0.2) is 5.43 Å². The maximum atomic E-state index is 11.8. The standard InChI is InChI=1S/C17H18N2O3/c1-2-13-10-16(21)7-6-14(13)11-18-19-17(22)9-12-4-3-5-15(20)8-12/h3-8,10-11,20-21H,2,9H2,1H3,(H,19,22). The summed E-state index contributed by atoms with van der Waals surface area (Å²) in [5.41, 5.74) is 4.96. The topological polar surface area (TPSA) is 81.9 Å². The second-order valence-corrected chi connectivity index (χ2v) is 4.88.